The molecule has 0 N–H and O–H groups in total. The predicted octanol–water partition coefficient (Wildman–Crippen LogP) is 10.6. The van der Waals surface area contributed by atoms with Crippen LogP contribution in [0.25, 0.3) is 32.7 Å². The van der Waals surface area contributed by atoms with E-state index in [4.69, 9.17) is 18.9 Å². The predicted molar refractivity (Wildman–Crippen MR) is 218 cm³/mol. The highest BCUT2D eigenvalue weighted by Crippen LogP contribution is 2.65. The van der Waals surface area contributed by atoms with E-state index in [2.05, 4.69) is 141 Å². The van der Waals surface area contributed by atoms with Gasteiger partial charge in [0.05, 0.1) is 30.8 Å². The Morgan fingerprint density at radius 3 is 2.54 bits per heavy atom. The van der Waals surface area contributed by atoms with E-state index in [1.54, 1.807) is 6.08 Å². The monoisotopic (exact) mass is 714 g/mol. The highest BCUT2D eigenvalue weighted by Gasteiger charge is 2.57. The molecule has 0 radical (unpaired) electrons. The largest absolute Gasteiger partial charge is 0.491 e. The molecule has 0 saturated carbocycles. The molecule has 0 saturated heterocycles. The molecule has 8 rings (SSSR count). The molecule has 5 aromatic rings. The molecule has 54 heavy (non-hydrogen) atoms. The van der Waals surface area contributed by atoms with Crippen molar-refractivity contribution in [2.75, 3.05) is 26.4 Å². The Hall–Kier alpha value is -5.49. The second-order valence-electron chi connectivity index (χ2n) is 14.7. The van der Waals surface area contributed by atoms with Crippen molar-refractivity contribution < 1.29 is 23.7 Å². The number of fused-ring (bicyclic) bond motifs is 7. The zero-order valence-electron chi connectivity index (χ0n) is 31.1. The number of hydrogen-bond acceptors (Lipinski definition) is 5. The Bertz CT molecular complexity index is 2360. The lowest BCUT2D eigenvalue weighted by Gasteiger charge is -2.50. The second kappa shape index (κ2) is 14.7. The van der Waals surface area contributed by atoms with E-state index in [0.29, 0.717) is 19.8 Å². The normalized spacial score (nSPS) is 21.7. The third-order valence-electron chi connectivity index (χ3n) is 11.4. The highest BCUT2D eigenvalue weighted by atomic mass is 16.6. The molecule has 3 aliphatic carbocycles. The quantitative estimate of drug-likeness (QED) is 0.0526. The number of benzene rings is 5. The van der Waals surface area contributed by atoms with Gasteiger partial charge in [-0.1, -0.05) is 117 Å². The summed E-state index contributed by atoms with van der Waals surface area (Å²) in [7, 11) is 0. The van der Waals surface area contributed by atoms with E-state index >= 15 is 0 Å². The van der Waals surface area contributed by atoms with Gasteiger partial charge in [-0.3, -0.25) is 0 Å². The van der Waals surface area contributed by atoms with Crippen molar-refractivity contribution in [2.24, 2.45) is 5.41 Å². The average molecular weight is 715 g/mol. The number of carbonyl (C=O) groups excluding carboxylic acids is 1. The Labute approximate surface area is 317 Å². The van der Waals surface area contributed by atoms with Crippen LogP contribution in [0.5, 0.6) is 5.75 Å². The van der Waals surface area contributed by atoms with Gasteiger partial charge in [-0.25, -0.2) is 4.79 Å². The molecule has 4 atom stereocenters. The molecule has 0 spiro atoms. The van der Waals surface area contributed by atoms with Crippen molar-refractivity contribution in [3.63, 3.8) is 0 Å². The van der Waals surface area contributed by atoms with Crippen LogP contribution in [0.15, 0.2) is 158 Å². The summed E-state index contributed by atoms with van der Waals surface area (Å²) in [5.74, 6) is 0.392. The Kier molecular flexibility index (Phi) is 9.70. The van der Waals surface area contributed by atoms with Gasteiger partial charge in [0.2, 0.25) is 0 Å². The van der Waals surface area contributed by atoms with Crippen LogP contribution in [0.1, 0.15) is 43.4 Å². The Morgan fingerprint density at radius 2 is 1.67 bits per heavy atom. The lowest BCUT2D eigenvalue weighted by molar-refractivity contribution is -0.139. The van der Waals surface area contributed by atoms with E-state index in [-0.39, 0.29) is 24.2 Å². The van der Waals surface area contributed by atoms with Crippen LogP contribution in [-0.2, 0) is 24.4 Å². The van der Waals surface area contributed by atoms with Gasteiger partial charge >= 0.3 is 5.97 Å². The third-order valence-corrected chi connectivity index (χ3v) is 11.4. The fraction of sp³-hybridized carbons (Fsp3) is 0.245. The van der Waals surface area contributed by atoms with Gasteiger partial charge in [0, 0.05) is 11.5 Å². The van der Waals surface area contributed by atoms with Crippen LogP contribution in [-0.4, -0.2) is 44.6 Å². The van der Waals surface area contributed by atoms with Crippen molar-refractivity contribution in [3.8, 4) is 16.9 Å². The Balaban J connectivity index is 1.23. The van der Waals surface area contributed by atoms with Gasteiger partial charge in [0.25, 0.3) is 0 Å². The molecule has 5 nitrogen and oxygen atoms in total. The topological polar surface area (TPSA) is 54.0 Å². The van der Waals surface area contributed by atoms with Gasteiger partial charge in [-0.15, -0.1) is 6.58 Å². The molecular weight excluding hydrogens is 669 g/mol. The smallest absolute Gasteiger partial charge is 0.330 e. The summed E-state index contributed by atoms with van der Waals surface area (Å²) in [6, 6.07) is 35.8. The zero-order chi connectivity index (χ0) is 37.3. The maximum Gasteiger partial charge on any atom is 0.330 e. The molecule has 272 valence electrons. The molecular formula is C49H46O5. The third kappa shape index (κ3) is 6.21. The number of ether oxygens (including phenoxy) is 4. The first-order chi connectivity index (χ1) is 26.3. The summed E-state index contributed by atoms with van der Waals surface area (Å²) in [6.45, 7) is 13.2. The fourth-order valence-corrected chi connectivity index (χ4v) is 8.90. The number of esters is 1. The zero-order valence-corrected chi connectivity index (χ0v) is 31.1. The molecule has 3 aliphatic rings. The van der Waals surface area contributed by atoms with Crippen LogP contribution in [0, 0.1) is 5.41 Å². The summed E-state index contributed by atoms with van der Waals surface area (Å²) >= 11 is 0. The summed E-state index contributed by atoms with van der Waals surface area (Å²) in [5, 5.41) is 4.82. The lowest BCUT2D eigenvalue weighted by Crippen LogP contribution is -2.45. The maximum atomic E-state index is 11.5. The minimum absolute atomic E-state index is 0.00487. The fourth-order valence-electron chi connectivity index (χ4n) is 8.90. The minimum Gasteiger partial charge on any atom is -0.491 e. The van der Waals surface area contributed by atoms with Crippen molar-refractivity contribution in [3.05, 3.63) is 175 Å². The second-order valence-corrected chi connectivity index (χ2v) is 14.7. The number of allylic oxidation sites excluding steroid dienone is 4. The first kappa shape index (κ1) is 35.5. The van der Waals surface area contributed by atoms with Gasteiger partial charge in [-0.05, 0) is 105 Å². The number of rotatable bonds is 13. The first-order valence-electron chi connectivity index (χ1n) is 18.9. The molecule has 0 bridgehead atoms. The summed E-state index contributed by atoms with van der Waals surface area (Å²) in [4.78, 5) is 11.5. The SMILES string of the molecule is C=CC(=O)OCCOC1C=C2C=CC(C)(C3(c4ccc5cc(OCCOC(C)C=C)ccc5c4)c4ccccc4-c4ccc5ccccc5c43)CC2=CC1. The number of carbonyl (C=O) groups is 1. The molecule has 4 unspecified atom stereocenters. The van der Waals surface area contributed by atoms with Gasteiger partial charge in [-0.2, -0.15) is 0 Å². The molecule has 0 aliphatic heterocycles. The summed E-state index contributed by atoms with van der Waals surface area (Å²) in [6.07, 6.45) is 13.8. The molecule has 5 aromatic carbocycles. The van der Waals surface area contributed by atoms with Crippen LogP contribution in [0.3, 0.4) is 0 Å². The van der Waals surface area contributed by atoms with Crippen molar-refractivity contribution >= 4 is 27.5 Å². The molecule has 0 fully saturated rings. The average Bonchev–Trinajstić information content (AvgIpc) is 3.53. The van der Waals surface area contributed by atoms with Crippen LogP contribution in [0.4, 0.5) is 0 Å². The van der Waals surface area contributed by atoms with Crippen LogP contribution < -0.4 is 4.74 Å². The highest BCUT2D eigenvalue weighted by molar-refractivity contribution is 6.00. The Morgan fingerprint density at radius 1 is 0.870 bits per heavy atom. The van der Waals surface area contributed by atoms with Crippen LogP contribution >= 0.6 is 0 Å². The van der Waals surface area contributed by atoms with E-state index < -0.39 is 11.4 Å². The molecule has 0 heterocycles. The molecule has 0 amide bonds. The first-order valence-corrected chi connectivity index (χ1v) is 18.9. The van der Waals surface area contributed by atoms with Gasteiger partial charge in [0.15, 0.2) is 0 Å². The van der Waals surface area contributed by atoms with Crippen molar-refractivity contribution in [1.82, 2.24) is 0 Å². The van der Waals surface area contributed by atoms with Gasteiger partial charge in [0.1, 0.15) is 19.0 Å². The van der Waals surface area contributed by atoms with E-state index in [1.165, 1.54) is 61.2 Å². The molecule has 0 aromatic heterocycles. The summed E-state index contributed by atoms with van der Waals surface area (Å²) in [5.41, 5.74) is 8.22. The lowest BCUT2D eigenvalue weighted by atomic mass is 9.52. The minimum atomic E-state index is -0.506. The van der Waals surface area contributed by atoms with E-state index in [0.717, 1.165) is 24.0 Å². The summed E-state index contributed by atoms with van der Waals surface area (Å²) < 4.78 is 23.1. The van der Waals surface area contributed by atoms with E-state index in [1.807, 2.05) is 6.92 Å². The molecule has 5 heteroatoms. The number of hydrogen-bond donors (Lipinski definition) is 0. The maximum absolute atomic E-state index is 11.5. The standard InChI is InChI=1S/C49H46O5/c1-5-33(3)51-25-26-52-40-20-16-35-29-39(19-15-36(35)30-40)49(45-14-10-9-13-43(45)44-22-18-34-11-7-8-12-42(34)47(44)49)48(4)24-23-37-31-41(21-17-38(37)32-48)53-27-28-54-46(50)6-2/h5-20,22-24,29-31,33,41H,1-2,21,25-28,32H2,3-4H3. The van der Waals surface area contributed by atoms with Gasteiger partial charge < -0.3 is 18.9 Å². The van der Waals surface area contributed by atoms with Crippen molar-refractivity contribution in [2.45, 2.75) is 44.3 Å². The van der Waals surface area contributed by atoms with Crippen molar-refractivity contribution in [1.29, 1.82) is 0 Å². The van der Waals surface area contributed by atoms with E-state index in [9.17, 15) is 4.79 Å². The van der Waals surface area contributed by atoms with Crippen LogP contribution in [0.2, 0.25) is 0 Å².